The van der Waals surface area contributed by atoms with Crippen molar-refractivity contribution in [1.29, 1.82) is 0 Å². The number of aryl methyl sites for hydroxylation is 1. The molecule has 3 atom stereocenters. The van der Waals surface area contributed by atoms with Gasteiger partial charge in [-0.2, -0.15) is 0 Å². The van der Waals surface area contributed by atoms with Crippen LogP contribution in [0, 0.1) is 18.8 Å². The van der Waals surface area contributed by atoms with Gasteiger partial charge in [0.15, 0.2) is 0 Å². The van der Waals surface area contributed by atoms with Gasteiger partial charge in [-0.25, -0.2) is 0 Å². The number of fused-ring (bicyclic) bond motifs is 1. The first kappa shape index (κ1) is 14.6. The summed E-state index contributed by atoms with van der Waals surface area (Å²) in [5.74, 6) is 1.73. The minimum atomic E-state index is 0.0746. The van der Waals surface area contributed by atoms with E-state index in [-0.39, 0.29) is 5.91 Å². The van der Waals surface area contributed by atoms with Crippen molar-refractivity contribution in [3.05, 3.63) is 35.4 Å². The molecule has 0 radical (unpaired) electrons. The van der Waals surface area contributed by atoms with Gasteiger partial charge in [0, 0.05) is 24.7 Å². The molecule has 1 saturated heterocycles. The Morgan fingerprint density at radius 1 is 1.33 bits per heavy atom. The first-order chi connectivity index (χ1) is 10.2. The number of nitrogens with zero attached hydrogens (tertiary/aromatic N) is 1. The summed E-state index contributed by atoms with van der Waals surface area (Å²) in [5, 5.41) is 3.18. The molecule has 1 amide bonds. The lowest BCUT2D eigenvalue weighted by Gasteiger charge is -2.27. The molecule has 1 aromatic carbocycles. The lowest BCUT2D eigenvalue weighted by Crippen LogP contribution is -2.43. The Labute approximate surface area is 127 Å². The molecule has 0 aromatic heterocycles. The minimum Gasteiger partial charge on any atom is -0.350 e. The highest BCUT2D eigenvalue weighted by Gasteiger charge is 2.43. The molecule has 2 fully saturated rings. The summed E-state index contributed by atoms with van der Waals surface area (Å²) in [5.41, 5.74) is 1.86. The van der Waals surface area contributed by atoms with Gasteiger partial charge >= 0.3 is 0 Å². The number of carbonyl (C=O) groups is 1. The normalized spacial score (nSPS) is 28.6. The number of hydrogen-bond donors (Lipinski definition) is 1. The fourth-order valence-corrected chi connectivity index (χ4v) is 4.27. The van der Waals surface area contributed by atoms with Crippen molar-refractivity contribution in [2.24, 2.45) is 11.8 Å². The van der Waals surface area contributed by atoms with Crippen LogP contribution in [-0.2, 0) is 0 Å². The highest BCUT2D eigenvalue weighted by molar-refractivity contribution is 5.95. The van der Waals surface area contributed by atoms with E-state index in [2.05, 4.69) is 17.1 Å². The van der Waals surface area contributed by atoms with E-state index < -0.39 is 0 Å². The Hall–Kier alpha value is -1.35. The number of amides is 1. The van der Waals surface area contributed by atoms with E-state index in [9.17, 15) is 4.79 Å². The van der Waals surface area contributed by atoms with Gasteiger partial charge in [0.1, 0.15) is 0 Å². The lowest BCUT2D eigenvalue weighted by molar-refractivity contribution is 0.0935. The van der Waals surface area contributed by atoms with Gasteiger partial charge in [-0.05, 0) is 49.8 Å². The fraction of sp³-hybridized carbons (Fsp3) is 0.611. The Balaban J connectivity index is 1.64. The van der Waals surface area contributed by atoms with Crippen molar-refractivity contribution in [1.82, 2.24) is 10.2 Å². The van der Waals surface area contributed by atoms with Crippen LogP contribution in [0.25, 0.3) is 0 Å². The van der Waals surface area contributed by atoms with E-state index in [4.69, 9.17) is 0 Å². The smallest absolute Gasteiger partial charge is 0.251 e. The average Bonchev–Trinajstić information content (AvgIpc) is 3.06. The topological polar surface area (TPSA) is 32.3 Å². The number of rotatable bonds is 4. The molecule has 21 heavy (non-hydrogen) atoms. The summed E-state index contributed by atoms with van der Waals surface area (Å²) in [7, 11) is 0. The van der Waals surface area contributed by atoms with Gasteiger partial charge < -0.3 is 5.32 Å². The van der Waals surface area contributed by atoms with Gasteiger partial charge in [0.25, 0.3) is 5.91 Å². The number of carbonyl (C=O) groups excluding carboxylic acids is 1. The third-order valence-electron chi connectivity index (χ3n) is 5.42. The average molecular weight is 286 g/mol. The van der Waals surface area contributed by atoms with Crippen LogP contribution in [0.5, 0.6) is 0 Å². The first-order valence-corrected chi connectivity index (χ1v) is 8.28. The zero-order chi connectivity index (χ0) is 14.8. The van der Waals surface area contributed by atoms with Crippen LogP contribution >= 0.6 is 0 Å². The minimum absolute atomic E-state index is 0.0746. The molecule has 3 rings (SSSR count). The van der Waals surface area contributed by atoms with Crippen LogP contribution in [0.4, 0.5) is 0 Å². The van der Waals surface area contributed by atoms with Gasteiger partial charge in [-0.1, -0.05) is 31.5 Å². The molecule has 1 heterocycles. The molecular weight excluding hydrogens is 260 g/mol. The van der Waals surface area contributed by atoms with Gasteiger partial charge in [0.2, 0.25) is 0 Å². The molecule has 0 bridgehead atoms. The second kappa shape index (κ2) is 6.18. The third kappa shape index (κ3) is 2.84. The van der Waals surface area contributed by atoms with Crippen molar-refractivity contribution in [3.8, 4) is 0 Å². The Morgan fingerprint density at radius 2 is 2.14 bits per heavy atom. The summed E-state index contributed by atoms with van der Waals surface area (Å²) in [4.78, 5) is 14.9. The summed E-state index contributed by atoms with van der Waals surface area (Å²) < 4.78 is 0. The zero-order valence-electron chi connectivity index (χ0n) is 13.1. The Kier molecular flexibility index (Phi) is 4.29. The molecule has 0 spiro atoms. The summed E-state index contributed by atoms with van der Waals surface area (Å²) in [6.45, 7) is 7.35. The Bertz CT molecular complexity index is 514. The number of likely N-dealkylation sites (N-methyl/N-ethyl adjacent to an activating group) is 1. The molecule has 3 unspecified atom stereocenters. The number of nitrogens with one attached hydrogen (secondary N) is 1. The summed E-state index contributed by atoms with van der Waals surface area (Å²) in [6.07, 6.45) is 4.09. The molecule has 3 heteroatoms. The third-order valence-corrected chi connectivity index (χ3v) is 5.42. The van der Waals surface area contributed by atoms with Crippen molar-refractivity contribution in [2.75, 3.05) is 19.6 Å². The number of likely N-dealkylation sites (tertiary alicyclic amines) is 1. The lowest BCUT2D eigenvalue weighted by atomic mass is 9.94. The van der Waals surface area contributed by atoms with E-state index in [1.165, 1.54) is 25.8 Å². The van der Waals surface area contributed by atoms with Crippen LogP contribution in [0.15, 0.2) is 24.3 Å². The second-order valence-corrected chi connectivity index (χ2v) is 6.53. The SMILES string of the molecule is CCN1CC2CCCC2C1CNC(=O)c1ccccc1C. The van der Waals surface area contributed by atoms with Crippen molar-refractivity contribution in [2.45, 2.75) is 39.2 Å². The Morgan fingerprint density at radius 3 is 2.90 bits per heavy atom. The van der Waals surface area contributed by atoms with Gasteiger partial charge in [0.05, 0.1) is 0 Å². The molecule has 3 nitrogen and oxygen atoms in total. The molecule has 1 aromatic rings. The molecular formula is C18H26N2O. The molecule has 114 valence electrons. The maximum absolute atomic E-state index is 12.4. The zero-order valence-corrected chi connectivity index (χ0v) is 13.1. The van der Waals surface area contributed by atoms with Crippen LogP contribution in [-0.4, -0.2) is 36.5 Å². The number of benzene rings is 1. The van der Waals surface area contributed by atoms with E-state index in [0.29, 0.717) is 6.04 Å². The van der Waals surface area contributed by atoms with Crippen LogP contribution in [0.3, 0.4) is 0 Å². The molecule has 1 aliphatic carbocycles. The highest BCUT2D eigenvalue weighted by Crippen LogP contribution is 2.41. The molecule has 2 aliphatic rings. The van der Waals surface area contributed by atoms with Crippen LogP contribution in [0.2, 0.25) is 0 Å². The van der Waals surface area contributed by atoms with Crippen molar-refractivity contribution < 1.29 is 4.79 Å². The maximum Gasteiger partial charge on any atom is 0.251 e. The van der Waals surface area contributed by atoms with Crippen molar-refractivity contribution >= 4 is 5.91 Å². The summed E-state index contributed by atoms with van der Waals surface area (Å²) in [6, 6.07) is 8.36. The van der Waals surface area contributed by atoms with Crippen molar-refractivity contribution in [3.63, 3.8) is 0 Å². The second-order valence-electron chi connectivity index (χ2n) is 6.53. The molecule has 1 N–H and O–H groups in total. The van der Waals surface area contributed by atoms with E-state index >= 15 is 0 Å². The fourth-order valence-electron chi connectivity index (χ4n) is 4.27. The predicted octanol–water partition coefficient (Wildman–Crippen LogP) is 2.85. The largest absolute Gasteiger partial charge is 0.350 e. The highest BCUT2D eigenvalue weighted by atomic mass is 16.1. The van der Waals surface area contributed by atoms with E-state index in [1.54, 1.807) is 0 Å². The van der Waals surface area contributed by atoms with E-state index in [1.807, 2.05) is 31.2 Å². The van der Waals surface area contributed by atoms with Crippen LogP contribution in [0.1, 0.15) is 42.1 Å². The summed E-state index contributed by atoms with van der Waals surface area (Å²) >= 11 is 0. The standard InChI is InChI=1S/C18H26N2O/c1-3-20-12-14-8-6-10-16(14)17(20)11-19-18(21)15-9-5-4-7-13(15)2/h4-5,7,9,14,16-17H,3,6,8,10-12H2,1-2H3,(H,19,21). The first-order valence-electron chi connectivity index (χ1n) is 8.28. The predicted molar refractivity (Wildman–Crippen MR) is 85.4 cm³/mol. The maximum atomic E-state index is 12.4. The van der Waals surface area contributed by atoms with Gasteiger partial charge in [-0.3, -0.25) is 9.69 Å². The quantitative estimate of drug-likeness (QED) is 0.923. The van der Waals surface area contributed by atoms with Gasteiger partial charge in [-0.15, -0.1) is 0 Å². The monoisotopic (exact) mass is 286 g/mol. The van der Waals surface area contributed by atoms with Crippen LogP contribution < -0.4 is 5.32 Å². The van der Waals surface area contributed by atoms with E-state index in [0.717, 1.165) is 36.1 Å². The molecule has 1 saturated carbocycles. The molecule has 1 aliphatic heterocycles. The number of hydrogen-bond acceptors (Lipinski definition) is 2.